The van der Waals surface area contributed by atoms with Gasteiger partial charge in [0.05, 0.1) is 17.8 Å². The lowest BCUT2D eigenvalue weighted by molar-refractivity contribution is -0.0116. The summed E-state index contributed by atoms with van der Waals surface area (Å²) >= 11 is 6.23. The van der Waals surface area contributed by atoms with Crippen LogP contribution in [0.4, 0.5) is 0 Å². The van der Waals surface area contributed by atoms with Gasteiger partial charge in [-0.05, 0) is 36.3 Å². The van der Waals surface area contributed by atoms with Crippen molar-refractivity contribution in [2.75, 3.05) is 27.2 Å². The molecule has 1 aromatic heterocycles. The lowest BCUT2D eigenvalue weighted by Gasteiger charge is -2.43. The van der Waals surface area contributed by atoms with Crippen molar-refractivity contribution in [1.29, 1.82) is 0 Å². The zero-order valence-corrected chi connectivity index (χ0v) is 17.7. The number of aromatic nitrogens is 2. The molecule has 1 unspecified atom stereocenters. The first-order chi connectivity index (χ1) is 12.5. The molecule has 0 amide bonds. The topological polar surface area (TPSA) is 89.5 Å². The van der Waals surface area contributed by atoms with Crippen LogP contribution in [-0.4, -0.2) is 59.5 Å². The number of hydrogen-bond donors (Lipinski definition) is 2. The molecule has 1 atom stereocenters. The summed E-state index contributed by atoms with van der Waals surface area (Å²) in [5.74, 6) is 0.179. The Morgan fingerprint density at radius 2 is 1.96 bits per heavy atom. The first kappa shape index (κ1) is 20.5. The highest BCUT2D eigenvalue weighted by Gasteiger charge is 2.41. The fraction of sp³-hybridized carbons (Fsp3) is 0.611. The Bertz CT molecular complexity index is 918. The summed E-state index contributed by atoms with van der Waals surface area (Å²) in [6.07, 6.45) is 2.34. The van der Waals surface area contributed by atoms with Crippen LogP contribution < -0.4 is 0 Å². The second-order valence-electron chi connectivity index (χ2n) is 8.02. The fourth-order valence-electron chi connectivity index (χ4n) is 3.95. The third-order valence-electron chi connectivity index (χ3n) is 5.84. The van der Waals surface area contributed by atoms with Crippen molar-refractivity contribution < 1.29 is 13.5 Å². The Morgan fingerprint density at radius 1 is 1.33 bits per heavy atom. The van der Waals surface area contributed by atoms with E-state index in [4.69, 9.17) is 11.6 Å². The van der Waals surface area contributed by atoms with Gasteiger partial charge in [0.25, 0.3) is 10.2 Å². The first-order valence-electron chi connectivity index (χ1n) is 9.03. The molecule has 0 spiro atoms. The van der Waals surface area contributed by atoms with Gasteiger partial charge >= 0.3 is 0 Å². The van der Waals surface area contributed by atoms with E-state index in [1.54, 1.807) is 26.4 Å². The van der Waals surface area contributed by atoms with E-state index in [0.29, 0.717) is 31.0 Å². The number of benzene rings is 1. The second kappa shape index (κ2) is 7.33. The zero-order valence-electron chi connectivity index (χ0n) is 16.1. The van der Waals surface area contributed by atoms with Gasteiger partial charge in [-0.3, -0.25) is 5.10 Å². The molecule has 7 nitrogen and oxygen atoms in total. The molecule has 9 heteroatoms. The lowest BCUT2D eigenvalue weighted by atomic mass is 9.68. The number of halogens is 1. The van der Waals surface area contributed by atoms with Crippen molar-refractivity contribution >= 4 is 32.7 Å². The maximum absolute atomic E-state index is 12.3. The summed E-state index contributed by atoms with van der Waals surface area (Å²) in [7, 11) is -0.304. The molecule has 1 fully saturated rings. The molecule has 0 bridgehead atoms. The summed E-state index contributed by atoms with van der Waals surface area (Å²) in [5.41, 5.74) is 1.06. The maximum atomic E-state index is 12.3. The molecular formula is C18H27ClN4O3S. The highest BCUT2D eigenvalue weighted by molar-refractivity contribution is 7.86. The molecule has 2 aromatic rings. The Hall–Kier alpha value is -1.19. The minimum atomic E-state index is -3.39. The van der Waals surface area contributed by atoms with Crippen molar-refractivity contribution in [3.63, 3.8) is 0 Å². The minimum Gasteiger partial charge on any atom is -0.388 e. The van der Waals surface area contributed by atoms with Crippen LogP contribution in [0, 0.1) is 11.3 Å². The van der Waals surface area contributed by atoms with Gasteiger partial charge in [-0.1, -0.05) is 25.4 Å². The molecule has 2 heterocycles. The SMILES string of the molecule is CN(C)S(=O)(=O)N1CCC(C(C)(C)C(O)c2cc(Cl)cc3cn[nH]c23)CC1. The average Bonchev–Trinajstić information content (AvgIpc) is 3.08. The average molecular weight is 415 g/mol. The largest absolute Gasteiger partial charge is 0.388 e. The zero-order chi connectivity index (χ0) is 20.0. The van der Waals surface area contributed by atoms with Crippen molar-refractivity contribution in [3.8, 4) is 0 Å². The molecule has 0 aliphatic carbocycles. The number of piperidine rings is 1. The van der Waals surface area contributed by atoms with Gasteiger partial charge in [-0.15, -0.1) is 0 Å². The summed E-state index contributed by atoms with van der Waals surface area (Å²) in [6.45, 7) is 4.97. The quantitative estimate of drug-likeness (QED) is 0.787. The van der Waals surface area contributed by atoms with Crippen LogP contribution in [0.2, 0.25) is 5.02 Å². The van der Waals surface area contributed by atoms with Crippen LogP contribution in [-0.2, 0) is 10.2 Å². The maximum Gasteiger partial charge on any atom is 0.281 e. The standard InChI is InChI=1S/C18H27ClN4O3S/c1-18(2,13-5-7-23(8-6-13)27(25,26)22(3)4)17(24)15-10-14(19)9-12-11-20-21-16(12)15/h9-11,13,17,24H,5-8H2,1-4H3,(H,20,21). The molecule has 3 rings (SSSR count). The van der Waals surface area contributed by atoms with Crippen molar-refractivity contribution in [1.82, 2.24) is 18.8 Å². The van der Waals surface area contributed by atoms with E-state index in [1.807, 2.05) is 19.9 Å². The lowest BCUT2D eigenvalue weighted by Crippen LogP contribution is -2.47. The predicted octanol–water partition coefficient (Wildman–Crippen LogP) is 2.79. The first-order valence-corrected chi connectivity index (χ1v) is 10.8. The van der Waals surface area contributed by atoms with Crippen LogP contribution >= 0.6 is 11.6 Å². The Kier molecular flexibility index (Phi) is 5.58. The minimum absolute atomic E-state index is 0.179. The van der Waals surface area contributed by atoms with Crippen molar-refractivity contribution in [2.45, 2.75) is 32.8 Å². The third-order valence-corrected chi connectivity index (χ3v) is 8.00. The number of hydrogen-bond acceptors (Lipinski definition) is 4. The number of aliphatic hydroxyl groups is 1. The van der Waals surface area contributed by atoms with Crippen LogP contribution in [0.15, 0.2) is 18.3 Å². The van der Waals surface area contributed by atoms with Crippen LogP contribution in [0.5, 0.6) is 0 Å². The summed E-state index contributed by atoms with van der Waals surface area (Å²) < 4.78 is 27.4. The van der Waals surface area contributed by atoms with E-state index >= 15 is 0 Å². The van der Waals surface area contributed by atoms with E-state index in [0.717, 1.165) is 16.5 Å². The van der Waals surface area contributed by atoms with Crippen LogP contribution in [0.25, 0.3) is 10.9 Å². The normalized spacial score (nSPS) is 19.1. The number of aliphatic hydroxyl groups excluding tert-OH is 1. The molecule has 27 heavy (non-hydrogen) atoms. The molecule has 0 radical (unpaired) electrons. The van der Waals surface area contributed by atoms with E-state index < -0.39 is 21.7 Å². The van der Waals surface area contributed by atoms with Crippen molar-refractivity contribution in [3.05, 3.63) is 28.9 Å². The highest BCUT2D eigenvalue weighted by Crippen LogP contribution is 2.46. The number of aromatic amines is 1. The number of fused-ring (bicyclic) bond motifs is 1. The van der Waals surface area contributed by atoms with Crippen molar-refractivity contribution in [2.24, 2.45) is 11.3 Å². The number of rotatable bonds is 5. The summed E-state index contributed by atoms with van der Waals surface area (Å²) in [5, 5.41) is 19.6. The molecule has 1 aliphatic rings. The van der Waals surface area contributed by atoms with Crippen LogP contribution in [0.3, 0.4) is 0 Å². The van der Waals surface area contributed by atoms with E-state index in [9.17, 15) is 13.5 Å². The molecule has 2 N–H and O–H groups in total. The number of nitrogens with zero attached hydrogens (tertiary/aromatic N) is 3. The highest BCUT2D eigenvalue weighted by atomic mass is 35.5. The molecule has 150 valence electrons. The molecule has 1 aliphatic heterocycles. The number of nitrogens with one attached hydrogen (secondary N) is 1. The monoisotopic (exact) mass is 414 g/mol. The third kappa shape index (κ3) is 3.73. The molecule has 0 saturated carbocycles. The Morgan fingerprint density at radius 3 is 2.56 bits per heavy atom. The predicted molar refractivity (Wildman–Crippen MR) is 107 cm³/mol. The summed E-state index contributed by atoms with van der Waals surface area (Å²) in [4.78, 5) is 0. The van der Waals surface area contributed by atoms with Gasteiger partial charge in [-0.25, -0.2) is 0 Å². The van der Waals surface area contributed by atoms with Gasteiger partial charge < -0.3 is 5.11 Å². The van der Waals surface area contributed by atoms with E-state index in [1.165, 1.54) is 8.61 Å². The molecule has 1 aromatic carbocycles. The molecule has 1 saturated heterocycles. The fourth-order valence-corrected chi connectivity index (χ4v) is 5.32. The Balaban J connectivity index is 1.81. The number of H-pyrrole nitrogens is 1. The van der Waals surface area contributed by atoms with Gasteiger partial charge in [0.15, 0.2) is 0 Å². The summed E-state index contributed by atoms with van der Waals surface area (Å²) in [6, 6.07) is 3.59. The van der Waals surface area contributed by atoms with Gasteiger partial charge in [0, 0.05) is 43.2 Å². The van der Waals surface area contributed by atoms with Gasteiger partial charge in [-0.2, -0.15) is 22.1 Å². The van der Waals surface area contributed by atoms with Gasteiger partial charge in [0.2, 0.25) is 0 Å². The smallest absolute Gasteiger partial charge is 0.281 e. The molecular weight excluding hydrogens is 388 g/mol. The van der Waals surface area contributed by atoms with E-state index in [2.05, 4.69) is 10.2 Å². The Labute approximate surface area is 165 Å². The van der Waals surface area contributed by atoms with E-state index in [-0.39, 0.29) is 5.92 Å². The van der Waals surface area contributed by atoms with Crippen LogP contribution in [0.1, 0.15) is 38.4 Å². The van der Waals surface area contributed by atoms with Gasteiger partial charge in [0.1, 0.15) is 0 Å². The second-order valence-corrected chi connectivity index (χ2v) is 10.6.